The molecule has 0 bridgehead atoms. The maximum absolute atomic E-state index is 5.63. The standard InChI is InChI=1S/C10H14ClN3.C3H6.C2H6/c1-8(6-7-14(2)3)9-4-5-10(11)13-12-9;1-3-2;1-2/h4-5H,1,6-7H2,2-3H3;3H,1H2,2H3;1-2H3. The van der Waals surface area contributed by atoms with Crippen LogP contribution in [0.25, 0.3) is 5.57 Å². The van der Waals surface area contributed by atoms with E-state index in [1.54, 1.807) is 12.1 Å². The zero-order valence-corrected chi connectivity index (χ0v) is 13.5. The molecule has 0 atom stereocenters. The molecule has 0 radical (unpaired) electrons. The molecule has 4 heteroatoms. The summed E-state index contributed by atoms with van der Waals surface area (Å²) in [4.78, 5) is 2.11. The molecule has 1 aromatic heterocycles. The van der Waals surface area contributed by atoms with Crippen molar-refractivity contribution in [2.24, 2.45) is 0 Å². The van der Waals surface area contributed by atoms with Gasteiger partial charge < -0.3 is 4.90 Å². The number of allylic oxidation sites excluding steroid dienone is 1. The topological polar surface area (TPSA) is 29.0 Å². The highest BCUT2D eigenvalue weighted by Crippen LogP contribution is 2.13. The predicted octanol–water partition coefficient (Wildman–Crippen LogP) is 4.31. The van der Waals surface area contributed by atoms with Gasteiger partial charge in [0.15, 0.2) is 5.15 Å². The Hall–Kier alpha value is -1.19. The minimum atomic E-state index is 0.411. The molecule has 0 fully saturated rings. The summed E-state index contributed by atoms with van der Waals surface area (Å²) in [6, 6.07) is 3.57. The van der Waals surface area contributed by atoms with Crippen molar-refractivity contribution in [2.75, 3.05) is 20.6 Å². The Balaban J connectivity index is 0. The summed E-state index contributed by atoms with van der Waals surface area (Å²) >= 11 is 5.63. The average Bonchev–Trinajstić information content (AvgIpc) is 2.40. The lowest BCUT2D eigenvalue weighted by Crippen LogP contribution is -2.13. The molecule has 0 aliphatic heterocycles. The Labute approximate surface area is 123 Å². The van der Waals surface area contributed by atoms with Crippen LogP contribution < -0.4 is 0 Å². The van der Waals surface area contributed by atoms with E-state index in [4.69, 9.17) is 11.6 Å². The highest BCUT2D eigenvalue weighted by Gasteiger charge is 2.01. The second kappa shape index (κ2) is 13.2. The molecule has 1 aromatic rings. The van der Waals surface area contributed by atoms with Crippen LogP contribution in [-0.4, -0.2) is 35.7 Å². The van der Waals surface area contributed by atoms with Crippen molar-refractivity contribution in [3.05, 3.63) is 42.2 Å². The van der Waals surface area contributed by atoms with E-state index in [0.29, 0.717) is 5.15 Å². The number of hydrogen-bond donors (Lipinski definition) is 0. The summed E-state index contributed by atoms with van der Waals surface area (Å²) in [5.41, 5.74) is 1.80. The summed E-state index contributed by atoms with van der Waals surface area (Å²) in [6.45, 7) is 14.2. The van der Waals surface area contributed by atoms with E-state index in [1.165, 1.54) is 0 Å². The first kappa shape index (κ1) is 20.1. The first-order valence-corrected chi connectivity index (χ1v) is 6.78. The summed E-state index contributed by atoms with van der Waals surface area (Å²) in [6.07, 6.45) is 2.64. The molecule has 0 aromatic carbocycles. The molecule has 1 rings (SSSR count). The van der Waals surface area contributed by atoms with Crippen LogP contribution in [0.4, 0.5) is 0 Å². The first-order valence-electron chi connectivity index (χ1n) is 6.40. The van der Waals surface area contributed by atoms with Gasteiger partial charge in [-0.15, -0.1) is 16.8 Å². The molecule has 0 amide bonds. The summed E-state index contributed by atoms with van der Waals surface area (Å²) in [5.74, 6) is 0. The smallest absolute Gasteiger partial charge is 0.151 e. The number of nitrogens with zero attached hydrogens (tertiary/aromatic N) is 3. The van der Waals surface area contributed by atoms with Crippen LogP contribution in [0.2, 0.25) is 5.15 Å². The molecule has 0 unspecified atom stereocenters. The molecule has 0 aliphatic carbocycles. The first-order chi connectivity index (χ1) is 9.01. The van der Waals surface area contributed by atoms with Gasteiger partial charge in [-0.1, -0.05) is 38.1 Å². The largest absolute Gasteiger partial charge is 0.309 e. The lowest BCUT2D eigenvalue weighted by molar-refractivity contribution is 0.419. The van der Waals surface area contributed by atoms with Gasteiger partial charge in [0.05, 0.1) is 5.69 Å². The van der Waals surface area contributed by atoms with Gasteiger partial charge in [-0.05, 0) is 45.1 Å². The fourth-order valence-corrected chi connectivity index (χ4v) is 1.09. The quantitative estimate of drug-likeness (QED) is 0.771. The van der Waals surface area contributed by atoms with Crippen LogP contribution in [0.1, 0.15) is 32.9 Å². The lowest BCUT2D eigenvalue weighted by atomic mass is 10.1. The van der Waals surface area contributed by atoms with Gasteiger partial charge in [0.1, 0.15) is 0 Å². The van der Waals surface area contributed by atoms with Gasteiger partial charge in [0, 0.05) is 6.54 Å². The molecule has 19 heavy (non-hydrogen) atoms. The van der Waals surface area contributed by atoms with Crippen LogP contribution >= 0.6 is 11.6 Å². The fraction of sp³-hybridized carbons (Fsp3) is 0.467. The van der Waals surface area contributed by atoms with Gasteiger partial charge in [0.2, 0.25) is 0 Å². The minimum absolute atomic E-state index is 0.411. The van der Waals surface area contributed by atoms with Gasteiger partial charge in [0.25, 0.3) is 0 Å². The van der Waals surface area contributed by atoms with E-state index >= 15 is 0 Å². The minimum Gasteiger partial charge on any atom is -0.309 e. The highest BCUT2D eigenvalue weighted by molar-refractivity contribution is 6.29. The number of rotatable bonds is 4. The second-order valence-corrected chi connectivity index (χ2v) is 4.19. The summed E-state index contributed by atoms with van der Waals surface area (Å²) < 4.78 is 0. The molecular formula is C15H26ClN3. The Morgan fingerprint density at radius 2 is 1.84 bits per heavy atom. The molecule has 1 heterocycles. The molecule has 108 valence electrons. The fourth-order valence-electron chi connectivity index (χ4n) is 0.991. The SMILES string of the molecule is C=C(CCN(C)C)c1ccc(Cl)nn1.C=CC.CC. The number of halogens is 1. The molecule has 0 aliphatic rings. The van der Waals surface area contributed by atoms with E-state index < -0.39 is 0 Å². The summed E-state index contributed by atoms with van der Waals surface area (Å²) in [7, 11) is 4.06. The van der Waals surface area contributed by atoms with Crippen molar-refractivity contribution in [1.29, 1.82) is 0 Å². The zero-order chi connectivity index (χ0) is 15.3. The Bertz CT molecular complexity index is 345. The van der Waals surface area contributed by atoms with E-state index in [9.17, 15) is 0 Å². The van der Waals surface area contributed by atoms with E-state index in [-0.39, 0.29) is 0 Å². The van der Waals surface area contributed by atoms with Crippen LogP contribution in [-0.2, 0) is 0 Å². The lowest BCUT2D eigenvalue weighted by Gasteiger charge is -2.10. The van der Waals surface area contributed by atoms with Crippen LogP contribution in [0.5, 0.6) is 0 Å². The van der Waals surface area contributed by atoms with E-state index in [0.717, 1.165) is 24.2 Å². The average molecular weight is 284 g/mol. The van der Waals surface area contributed by atoms with Crippen LogP contribution in [0.15, 0.2) is 31.4 Å². The third kappa shape index (κ3) is 11.6. The van der Waals surface area contributed by atoms with E-state index in [2.05, 4.69) is 28.3 Å². The molecule has 0 saturated carbocycles. The van der Waals surface area contributed by atoms with Crippen molar-refractivity contribution in [3.63, 3.8) is 0 Å². The molecule has 0 spiro atoms. The van der Waals surface area contributed by atoms with Gasteiger partial charge in [-0.25, -0.2) is 0 Å². The maximum Gasteiger partial charge on any atom is 0.151 e. The highest BCUT2D eigenvalue weighted by atomic mass is 35.5. The van der Waals surface area contributed by atoms with Gasteiger partial charge in [-0.2, -0.15) is 0 Å². The predicted molar refractivity (Wildman–Crippen MR) is 86.5 cm³/mol. The monoisotopic (exact) mass is 283 g/mol. The maximum atomic E-state index is 5.63. The van der Waals surface area contributed by atoms with Gasteiger partial charge in [-0.3, -0.25) is 0 Å². The van der Waals surface area contributed by atoms with Crippen molar-refractivity contribution in [1.82, 2.24) is 15.1 Å². The molecular weight excluding hydrogens is 258 g/mol. The van der Waals surface area contributed by atoms with Crippen molar-refractivity contribution in [2.45, 2.75) is 27.2 Å². The van der Waals surface area contributed by atoms with Crippen molar-refractivity contribution >= 4 is 17.2 Å². The second-order valence-electron chi connectivity index (χ2n) is 3.81. The zero-order valence-electron chi connectivity index (χ0n) is 12.8. The van der Waals surface area contributed by atoms with Gasteiger partial charge >= 0.3 is 0 Å². The van der Waals surface area contributed by atoms with Crippen LogP contribution in [0, 0.1) is 0 Å². The molecule has 3 nitrogen and oxygen atoms in total. The third-order valence-electron chi connectivity index (χ3n) is 1.86. The van der Waals surface area contributed by atoms with Crippen molar-refractivity contribution in [3.8, 4) is 0 Å². The Kier molecular flexibility index (Phi) is 14.0. The number of aromatic nitrogens is 2. The van der Waals surface area contributed by atoms with Crippen LogP contribution in [0.3, 0.4) is 0 Å². The van der Waals surface area contributed by atoms with E-state index in [1.807, 2.05) is 40.9 Å². The molecule has 0 N–H and O–H groups in total. The molecule has 0 saturated heterocycles. The normalized spacial score (nSPS) is 8.79. The van der Waals surface area contributed by atoms with Crippen molar-refractivity contribution < 1.29 is 0 Å². The summed E-state index contributed by atoms with van der Waals surface area (Å²) in [5, 5.41) is 8.14. The Morgan fingerprint density at radius 3 is 2.21 bits per heavy atom. The number of hydrogen-bond acceptors (Lipinski definition) is 3. The third-order valence-corrected chi connectivity index (χ3v) is 2.06. The Morgan fingerprint density at radius 1 is 1.32 bits per heavy atom.